The summed E-state index contributed by atoms with van der Waals surface area (Å²) in [4.78, 5) is 26.7. The van der Waals surface area contributed by atoms with E-state index in [9.17, 15) is 9.59 Å². The zero-order chi connectivity index (χ0) is 17.7. The Hall–Kier alpha value is -2.62. The second kappa shape index (κ2) is 7.51. The summed E-state index contributed by atoms with van der Waals surface area (Å²) in [5.41, 5.74) is 0.817. The third-order valence-corrected chi connectivity index (χ3v) is 4.92. The molecule has 1 aliphatic heterocycles. The first-order valence-electron chi connectivity index (χ1n) is 8.69. The van der Waals surface area contributed by atoms with Crippen LogP contribution in [0.3, 0.4) is 0 Å². The van der Waals surface area contributed by atoms with E-state index in [0.717, 1.165) is 30.3 Å². The number of hydrogen-bond acceptors (Lipinski definition) is 3. The Kier molecular flexibility index (Phi) is 5.17. The van der Waals surface area contributed by atoms with Crippen LogP contribution in [0.4, 0.5) is 4.79 Å². The van der Waals surface area contributed by atoms with Crippen LogP contribution in [0.15, 0.2) is 60.7 Å². The van der Waals surface area contributed by atoms with Crippen molar-refractivity contribution >= 4 is 12.4 Å². The molecule has 1 amide bonds. The molecule has 1 aliphatic rings. The van der Waals surface area contributed by atoms with Gasteiger partial charge in [-0.15, -0.1) is 0 Å². The largest absolute Gasteiger partial charge is 0.445 e. The zero-order valence-corrected chi connectivity index (χ0v) is 14.4. The summed E-state index contributed by atoms with van der Waals surface area (Å²) in [6, 6.07) is 19.0. The van der Waals surface area contributed by atoms with Gasteiger partial charge in [0.05, 0.1) is 0 Å². The Morgan fingerprint density at radius 3 is 2.44 bits per heavy atom. The molecule has 0 aliphatic carbocycles. The number of benzene rings is 2. The number of nitrogens with zero attached hydrogens (tertiary/aromatic N) is 1. The Bertz CT molecular complexity index is 716. The maximum absolute atomic E-state index is 12.9. The second-order valence-corrected chi connectivity index (χ2v) is 6.56. The summed E-state index contributed by atoms with van der Waals surface area (Å²) in [6.45, 7) is 2.18. The third-order valence-electron chi connectivity index (χ3n) is 4.92. The molecule has 0 saturated carbocycles. The van der Waals surface area contributed by atoms with Crippen LogP contribution in [0.2, 0.25) is 0 Å². The van der Waals surface area contributed by atoms with E-state index in [-0.39, 0.29) is 12.6 Å². The van der Waals surface area contributed by atoms with Gasteiger partial charge in [-0.05, 0) is 37.3 Å². The van der Waals surface area contributed by atoms with E-state index in [0.29, 0.717) is 6.42 Å². The summed E-state index contributed by atoms with van der Waals surface area (Å²) in [6.07, 6.45) is 2.85. The Labute approximate surface area is 148 Å². The third kappa shape index (κ3) is 3.43. The highest BCUT2D eigenvalue weighted by Gasteiger charge is 2.47. The molecule has 2 atom stereocenters. The average molecular weight is 337 g/mol. The van der Waals surface area contributed by atoms with E-state index in [1.54, 1.807) is 4.90 Å². The van der Waals surface area contributed by atoms with Gasteiger partial charge in [-0.2, -0.15) is 0 Å². The van der Waals surface area contributed by atoms with Crippen LogP contribution in [-0.2, 0) is 21.7 Å². The predicted octanol–water partition coefficient (Wildman–Crippen LogP) is 4.29. The van der Waals surface area contributed by atoms with Crippen LogP contribution in [0.5, 0.6) is 0 Å². The molecule has 0 bridgehead atoms. The van der Waals surface area contributed by atoms with Gasteiger partial charge in [0.2, 0.25) is 0 Å². The van der Waals surface area contributed by atoms with Crippen molar-refractivity contribution in [2.24, 2.45) is 0 Å². The predicted molar refractivity (Wildman–Crippen MR) is 96.0 cm³/mol. The zero-order valence-electron chi connectivity index (χ0n) is 14.4. The molecule has 2 unspecified atom stereocenters. The summed E-state index contributed by atoms with van der Waals surface area (Å²) in [7, 11) is 0. The van der Waals surface area contributed by atoms with Crippen molar-refractivity contribution in [3.63, 3.8) is 0 Å². The topological polar surface area (TPSA) is 46.6 Å². The first-order chi connectivity index (χ1) is 12.2. The smallest absolute Gasteiger partial charge is 0.411 e. The van der Waals surface area contributed by atoms with Crippen molar-refractivity contribution < 1.29 is 14.3 Å². The fourth-order valence-corrected chi connectivity index (χ4v) is 3.64. The minimum absolute atomic E-state index is 0.0533. The molecule has 1 fully saturated rings. The van der Waals surface area contributed by atoms with Crippen molar-refractivity contribution in [1.29, 1.82) is 0 Å². The van der Waals surface area contributed by atoms with Gasteiger partial charge in [0, 0.05) is 6.04 Å². The van der Waals surface area contributed by atoms with Crippen molar-refractivity contribution in [2.45, 2.75) is 44.4 Å². The summed E-state index contributed by atoms with van der Waals surface area (Å²) < 4.78 is 5.54. The van der Waals surface area contributed by atoms with E-state index in [4.69, 9.17) is 4.74 Å². The number of hydrogen-bond donors (Lipinski definition) is 0. The lowest BCUT2D eigenvalue weighted by atomic mass is 9.79. The van der Waals surface area contributed by atoms with Crippen LogP contribution >= 0.6 is 0 Å². The molecule has 25 heavy (non-hydrogen) atoms. The quantitative estimate of drug-likeness (QED) is 0.782. The average Bonchev–Trinajstić information content (AvgIpc) is 2.67. The summed E-state index contributed by atoms with van der Waals surface area (Å²) in [5.74, 6) is 0. The normalized spacial score (nSPS) is 23.1. The van der Waals surface area contributed by atoms with Gasteiger partial charge in [0.1, 0.15) is 18.4 Å². The monoisotopic (exact) mass is 337 g/mol. The van der Waals surface area contributed by atoms with Gasteiger partial charge >= 0.3 is 6.09 Å². The minimum Gasteiger partial charge on any atom is -0.445 e. The van der Waals surface area contributed by atoms with Gasteiger partial charge in [-0.25, -0.2) is 4.79 Å². The van der Waals surface area contributed by atoms with Crippen LogP contribution in [0, 0.1) is 0 Å². The molecule has 0 N–H and O–H groups in total. The first-order valence-corrected chi connectivity index (χ1v) is 8.69. The van der Waals surface area contributed by atoms with E-state index in [2.05, 4.69) is 0 Å². The van der Waals surface area contributed by atoms with Crippen molar-refractivity contribution in [3.8, 4) is 0 Å². The highest BCUT2D eigenvalue weighted by molar-refractivity contribution is 5.79. The number of rotatable bonds is 4. The molecule has 0 spiro atoms. The fourth-order valence-electron chi connectivity index (χ4n) is 3.64. The van der Waals surface area contributed by atoms with Gasteiger partial charge in [0.25, 0.3) is 0 Å². The second-order valence-electron chi connectivity index (χ2n) is 6.56. The maximum Gasteiger partial charge on any atom is 0.411 e. The first kappa shape index (κ1) is 17.2. The molecule has 2 aromatic rings. The molecule has 0 aromatic heterocycles. The molecule has 1 heterocycles. The Morgan fingerprint density at radius 1 is 1.16 bits per heavy atom. The summed E-state index contributed by atoms with van der Waals surface area (Å²) in [5, 5.41) is 0. The standard InChI is InChI=1S/C21H23NO3/c1-17-9-8-14-21(16-23,19-12-6-3-7-13-19)22(17)20(24)25-15-18-10-4-2-5-11-18/h2-7,10-13,16-17H,8-9,14-15H2,1H3. The minimum atomic E-state index is -0.952. The number of aldehydes is 1. The highest BCUT2D eigenvalue weighted by atomic mass is 16.6. The van der Waals surface area contributed by atoms with E-state index < -0.39 is 11.6 Å². The molecular formula is C21H23NO3. The number of likely N-dealkylation sites (tertiary alicyclic amines) is 1. The van der Waals surface area contributed by atoms with E-state index in [1.807, 2.05) is 67.6 Å². The molecule has 4 heteroatoms. The fraction of sp³-hybridized carbons (Fsp3) is 0.333. The van der Waals surface area contributed by atoms with Crippen LogP contribution < -0.4 is 0 Å². The van der Waals surface area contributed by atoms with E-state index in [1.165, 1.54) is 0 Å². The number of ether oxygens (including phenoxy) is 1. The lowest BCUT2D eigenvalue weighted by Gasteiger charge is -2.46. The number of piperidine rings is 1. The molecular weight excluding hydrogens is 314 g/mol. The van der Waals surface area contributed by atoms with Crippen LogP contribution in [-0.4, -0.2) is 23.3 Å². The number of amides is 1. The van der Waals surface area contributed by atoms with Gasteiger partial charge in [-0.3, -0.25) is 4.90 Å². The van der Waals surface area contributed by atoms with Crippen molar-refractivity contribution in [1.82, 2.24) is 4.90 Å². The molecule has 4 nitrogen and oxygen atoms in total. The highest BCUT2D eigenvalue weighted by Crippen LogP contribution is 2.39. The van der Waals surface area contributed by atoms with Gasteiger partial charge in [0.15, 0.2) is 0 Å². The Morgan fingerprint density at radius 2 is 1.80 bits per heavy atom. The SMILES string of the molecule is CC1CCCC(C=O)(c2ccccc2)N1C(=O)OCc1ccccc1. The molecule has 2 aromatic carbocycles. The molecule has 0 radical (unpaired) electrons. The summed E-state index contributed by atoms with van der Waals surface area (Å²) >= 11 is 0. The van der Waals surface area contributed by atoms with Gasteiger partial charge in [-0.1, -0.05) is 60.7 Å². The van der Waals surface area contributed by atoms with Crippen molar-refractivity contribution in [2.75, 3.05) is 0 Å². The molecule has 1 saturated heterocycles. The number of carbonyl (C=O) groups excluding carboxylic acids is 2. The molecule has 130 valence electrons. The number of carbonyl (C=O) groups is 2. The van der Waals surface area contributed by atoms with Gasteiger partial charge < -0.3 is 9.53 Å². The van der Waals surface area contributed by atoms with Crippen LogP contribution in [0.25, 0.3) is 0 Å². The Balaban J connectivity index is 1.86. The van der Waals surface area contributed by atoms with E-state index >= 15 is 0 Å². The lowest BCUT2D eigenvalue weighted by Crippen LogP contribution is -2.57. The van der Waals surface area contributed by atoms with Crippen molar-refractivity contribution in [3.05, 3.63) is 71.8 Å². The van der Waals surface area contributed by atoms with Crippen LogP contribution in [0.1, 0.15) is 37.3 Å². The lowest BCUT2D eigenvalue weighted by molar-refractivity contribution is -0.122. The molecule has 3 rings (SSSR count). The maximum atomic E-state index is 12.9.